The number of rotatable bonds is 6. The number of ether oxygens (including phenoxy) is 2. The molecule has 3 nitrogen and oxygen atoms in total. The summed E-state index contributed by atoms with van der Waals surface area (Å²) in [6.45, 7) is 2.34. The van der Waals surface area contributed by atoms with Crippen LogP contribution in [0.1, 0.15) is 44.6 Å². The molecule has 0 N–H and O–H groups in total. The topological polar surface area (TPSA) is 35.5 Å². The Kier molecular flexibility index (Phi) is 4.97. The molecule has 0 amide bonds. The molecule has 0 aliphatic heterocycles. The molecule has 1 aromatic rings. The van der Waals surface area contributed by atoms with Crippen LogP contribution < -0.4 is 0 Å². The third kappa shape index (κ3) is 4.35. The van der Waals surface area contributed by atoms with Gasteiger partial charge in [-0.15, -0.1) is 0 Å². The average Bonchev–Trinajstić information content (AvgIpc) is 2.41. The van der Waals surface area contributed by atoms with E-state index in [1.807, 2.05) is 37.3 Å². The zero-order chi connectivity index (χ0) is 13.6. The molecule has 0 heterocycles. The monoisotopic (exact) mass is 262 g/mol. The lowest BCUT2D eigenvalue weighted by molar-refractivity contribution is -0.234. The molecule has 1 aliphatic rings. The molecule has 0 saturated heterocycles. The molecule has 1 aliphatic carbocycles. The highest BCUT2D eigenvalue weighted by atomic mass is 16.7. The summed E-state index contributed by atoms with van der Waals surface area (Å²) in [5, 5.41) is 0. The predicted octanol–water partition coefficient (Wildman–Crippen LogP) is 3.47. The molecule has 19 heavy (non-hydrogen) atoms. The molecule has 1 atom stereocenters. The molecule has 0 bridgehead atoms. The van der Waals surface area contributed by atoms with Crippen molar-refractivity contribution < 1.29 is 14.3 Å². The Labute approximate surface area is 114 Å². The lowest BCUT2D eigenvalue weighted by atomic mass is 9.97. The molecular weight excluding hydrogens is 240 g/mol. The molecule has 0 aromatic heterocycles. The van der Waals surface area contributed by atoms with E-state index in [1.165, 1.54) is 19.3 Å². The van der Waals surface area contributed by atoms with Crippen molar-refractivity contribution in [2.45, 2.75) is 57.3 Å². The Hall–Kier alpha value is -1.35. The van der Waals surface area contributed by atoms with Crippen LogP contribution in [-0.4, -0.2) is 18.4 Å². The second-order valence-corrected chi connectivity index (χ2v) is 5.39. The molecule has 0 radical (unpaired) electrons. The molecule has 104 valence electrons. The minimum Gasteiger partial charge on any atom is -0.435 e. The molecule has 1 fully saturated rings. The number of carbonyl (C=O) groups excluding carboxylic acids is 1. The molecule has 1 unspecified atom stereocenters. The van der Waals surface area contributed by atoms with Crippen LogP contribution in [0.5, 0.6) is 0 Å². The minimum absolute atomic E-state index is 0.211. The van der Waals surface area contributed by atoms with E-state index in [-0.39, 0.29) is 6.10 Å². The van der Waals surface area contributed by atoms with Gasteiger partial charge in [-0.1, -0.05) is 49.6 Å². The number of benzene rings is 1. The fraction of sp³-hybridized carbons (Fsp3) is 0.562. The van der Waals surface area contributed by atoms with Crippen molar-refractivity contribution in [2.75, 3.05) is 0 Å². The average molecular weight is 262 g/mol. The summed E-state index contributed by atoms with van der Waals surface area (Å²) in [7, 11) is 0. The molecule has 3 heteroatoms. The van der Waals surface area contributed by atoms with Gasteiger partial charge in [-0.05, 0) is 18.4 Å². The van der Waals surface area contributed by atoms with Crippen molar-refractivity contribution in [2.24, 2.45) is 0 Å². The van der Waals surface area contributed by atoms with Crippen LogP contribution in [0, 0.1) is 0 Å². The fourth-order valence-electron chi connectivity index (χ4n) is 2.72. The summed E-state index contributed by atoms with van der Waals surface area (Å²) in [5.41, 5.74) is 1.11. The van der Waals surface area contributed by atoms with Gasteiger partial charge in [0.05, 0.1) is 6.10 Å². The third-order valence-corrected chi connectivity index (χ3v) is 3.63. The summed E-state index contributed by atoms with van der Waals surface area (Å²) in [5.74, 6) is -0.856. The first kappa shape index (κ1) is 14.1. The third-order valence-electron chi connectivity index (χ3n) is 3.63. The van der Waals surface area contributed by atoms with Gasteiger partial charge in [-0.3, -0.25) is 4.79 Å². The van der Waals surface area contributed by atoms with E-state index in [0.29, 0.717) is 12.9 Å². The van der Waals surface area contributed by atoms with Crippen molar-refractivity contribution in [3.05, 3.63) is 35.9 Å². The van der Waals surface area contributed by atoms with Crippen LogP contribution in [0.4, 0.5) is 0 Å². The van der Waals surface area contributed by atoms with E-state index in [0.717, 1.165) is 18.4 Å². The quantitative estimate of drug-likeness (QED) is 0.581. The Morgan fingerprint density at radius 2 is 1.89 bits per heavy atom. The van der Waals surface area contributed by atoms with Crippen molar-refractivity contribution in [3.8, 4) is 0 Å². The van der Waals surface area contributed by atoms with Gasteiger partial charge in [0, 0.05) is 13.3 Å². The zero-order valence-electron chi connectivity index (χ0n) is 11.5. The predicted molar refractivity (Wildman–Crippen MR) is 73.7 cm³/mol. The first-order chi connectivity index (χ1) is 9.22. The van der Waals surface area contributed by atoms with Crippen molar-refractivity contribution in [3.63, 3.8) is 0 Å². The van der Waals surface area contributed by atoms with Crippen molar-refractivity contribution in [1.82, 2.24) is 0 Å². The summed E-state index contributed by atoms with van der Waals surface area (Å²) in [6.07, 6.45) is 6.61. The molecule has 0 spiro atoms. The summed E-state index contributed by atoms with van der Waals surface area (Å²) < 4.78 is 11.3. The lowest BCUT2D eigenvalue weighted by Crippen LogP contribution is -2.39. The lowest BCUT2D eigenvalue weighted by Gasteiger charge is -2.34. The van der Waals surface area contributed by atoms with E-state index in [1.54, 1.807) is 0 Å². The highest BCUT2D eigenvalue weighted by molar-refractivity contribution is 5.38. The van der Waals surface area contributed by atoms with Gasteiger partial charge in [0.25, 0.3) is 6.47 Å². The van der Waals surface area contributed by atoms with Gasteiger partial charge >= 0.3 is 0 Å². The van der Waals surface area contributed by atoms with Gasteiger partial charge in [0.2, 0.25) is 5.79 Å². The summed E-state index contributed by atoms with van der Waals surface area (Å²) >= 11 is 0. The van der Waals surface area contributed by atoms with E-state index in [9.17, 15) is 4.79 Å². The summed E-state index contributed by atoms with van der Waals surface area (Å²) in [4.78, 5) is 10.8. The highest BCUT2D eigenvalue weighted by Gasteiger charge is 2.31. The van der Waals surface area contributed by atoms with E-state index >= 15 is 0 Å². The van der Waals surface area contributed by atoms with Crippen LogP contribution in [0.2, 0.25) is 0 Å². The van der Waals surface area contributed by atoms with Crippen LogP contribution in [0.25, 0.3) is 0 Å². The van der Waals surface area contributed by atoms with Crippen LogP contribution in [0.3, 0.4) is 0 Å². The fourth-order valence-corrected chi connectivity index (χ4v) is 2.72. The van der Waals surface area contributed by atoms with Gasteiger partial charge in [-0.25, -0.2) is 0 Å². The summed E-state index contributed by atoms with van der Waals surface area (Å²) in [6, 6.07) is 9.99. The number of hydrogen-bond acceptors (Lipinski definition) is 3. The van der Waals surface area contributed by atoms with Crippen LogP contribution in [0.15, 0.2) is 30.3 Å². The SMILES string of the molecule is CC(Cc1ccccc1)(OC=O)OC1CCCCC1. The van der Waals surface area contributed by atoms with Gasteiger partial charge < -0.3 is 9.47 Å². The standard InChI is InChI=1S/C16H22O3/c1-16(18-13-17,12-14-8-4-2-5-9-14)19-15-10-6-3-7-11-15/h2,4-5,8-9,13,15H,3,6-7,10-12H2,1H3. The van der Waals surface area contributed by atoms with E-state index in [2.05, 4.69) is 0 Å². The Bertz CT molecular complexity index is 384. The second-order valence-electron chi connectivity index (χ2n) is 5.39. The first-order valence-corrected chi connectivity index (χ1v) is 7.05. The Morgan fingerprint density at radius 1 is 1.21 bits per heavy atom. The van der Waals surface area contributed by atoms with Gasteiger partial charge in [0.15, 0.2) is 0 Å². The van der Waals surface area contributed by atoms with E-state index in [4.69, 9.17) is 9.47 Å². The van der Waals surface area contributed by atoms with Gasteiger partial charge in [0.1, 0.15) is 0 Å². The Balaban J connectivity index is 2.01. The van der Waals surface area contributed by atoms with Crippen molar-refractivity contribution >= 4 is 6.47 Å². The largest absolute Gasteiger partial charge is 0.435 e. The van der Waals surface area contributed by atoms with Crippen LogP contribution in [-0.2, 0) is 20.7 Å². The maximum Gasteiger partial charge on any atom is 0.295 e. The van der Waals surface area contributed by atoms with Crippen LogP contribution >= 0.6 is 0 Å². The number of hydrogen-bond donors (Lipinski definition) is 0. The Morgan fingerprint density at radius 3 is 2.53 bits per heavy atom. The maximum absolute atomic E-state index is 10.8. The molecular formula is C16H22O3. The highest BCUT2D eigenvalue weighted by Crippen LogP contribution is 2.27. The molecule has 1 saturated carbocycles. The maximum atomic E-state index is 10.8. The minimum atomic E-state index is -0.856. The zero-order valence-corrected chi connectivity index (χ0v) is 11.5. The second kappa shape index (κ2) is 6.71. The molecule has 2 rings (SSSR count). The number of carbonyl (C=O) groups is 1. The smallest absolute Gasteiger partial charge is 0.295 e. The molecule has 1 aromatic carbocycles. The van der Waals surface area contributed by atoms with E-state index < -0.39 is 5.79 Å². The normalized spacial score (nSPS) is 19.6. The first-order valence-electron chi connectivity index (χ1n) is 7.05. The van der Waals surface area contributed by atoms with Gasteiger partial charge in [-0.2, -0.15) is 0 Å². The van der Waals surface area contributed by atoms with Crippen molar-refractivity contribution in [1.29, 1.82) is 0 Å².